The fourth-order valence-corrected chi connectivity index (χ4v) is 2.16. The Morgan fingerprint density at radius 2 is 2.07 bits per heavy atom. The summed E-state index contributed by atoms with van der Waals surface area (Å²) in [4.78, 5) is 8.90. The van der Waals surface area contributed by atoms with Gasteiger partial charge in [-0.25, -0.2) is 9.97 Å². The molecule has 1 atom stereocenters. The maximum absolute atomic E-state index is 6.01. The zero-order chi connectivity index (χ0) is 10.3. The first-order valence-corrected chi connectivity index (χ1v) is 5.83. The van der Waals surface area contributed by atoms with E-state index in [0.29, 0.717) is 17.0 Å². The van der Waals surface area contributed by atoms with E-state index in [1.54, 1.807) is 0 Å². The lowest BCUT2D eigenvalue weighted by atomic mass is 10.1. The minimum atomic E-state index is 0.348. The van der Waals surface area contributed by atoms with Crippen molar-refractivity contribution in [3.63, 3.8) is 0 Å². The van der Waals surface area contributed by atoms with Crippen LogP contribution in [0.5, 0.6) is 0 Å². The lowest BCUT2D eigenvalue weighted by Crippen LogP contribution is -2.06. The summed E-state index contributed by atoms with van der Waals surface area (Å²) in [5, 5.41) is 0.578. The van der Waals surface area contributed by atoms with Crippen molar-refractivity contribution in [2.24, 2.45) is 0 Å². The molecule has 4 heteroatoms. The number of nitrogens with zero attached hydrogens (tertiary/aromatic N) is 2. The Hall–Kier alpha value is -0.670. The van der Waals surface area contributed by atoms with Crippen LogP contribution in [0, 0.1) is 0 Å². The van der Waals surface area contributed by atoms with Gasteiger partial charge in [0.15, 0.2) is 0 Å². The van der Waals surface area contributed by atoms with E-state index in [0.717, 1.165) is 31.2 Å². The van der Waals surface area contributed by atoms with Crippen LogP contribution < -0.4 is 0 Å². The Kier molecular flexibility index (Phi) is 2.37. The molecule has 0 bridgehead atoms. The van der Waals surface area contributed by atoms with Gasteiger partial charge in [-0.2, -0.15) is 0 Å². The fourth-order valence-electron chi connectivity index (χ4n) is 1.96. The van der Waals surface area contributed by atoms with Crippen molar-refractivity contribution in [1.29, 1.82) is 0 Å². The molecule has 0 N–H and O–H groups in total. The van der Waals surface area contributed by atoms with Gasteiger partial charge in [0.1, 0.15) is 11.0 Å². The molecule has 1 aliphatic heterocycles. The third-order valence-electron chi connectivity index (χ3n) is 3.02. The molecule has 15 heavy (non-hydrogen) atoms. The summed E-state index contributed by atoms with van der Waals surface area (Å²) in [6.45, 7) is 1.56. The minimum Gasteiger partial charge on any atom is -0.381 e. The molecule has 1 aromatic rings. The lowest BCUT2D eigenvalue weighted by molar-refractivity contribution is 0.193. The average molecular weight is 225 g/mol. The first-order chi connectivity index (χ1) is 7.33. The molecule has 0 amide bonds. The third kappa shape index (κ3) is 1.99. The van der Waals surface area contributed by atoms with Gasteiger partial charge < -0.3 is 4.74 Å². The molecule has 80 valence electrons. The number of aromatic nitrogens is 2. The highest BCUT2D eigenvalue weighted by atomic mass is 35.5. The minimum absolute atomic E-state index is 0.348. The van der Waals surface area contributed by atoms with Gasteiger partial charge >= 0.3 is 0 Å². The SMILES string of the molecule is Clc1cc(C2CC2)nc(C2CCOC2)n1. The van der Waals surface area contributed by atoms with Gasteiger partial charge in [0.2, 0.25) is 0 Å². The molecule has 1 unspecified atom stereocenters. The molecule has 3 rings (SSSR count). The van der Waals surface area contributed by atoms with E-state index in [1.807, 2.05) is 6.07 Å². The van der Waals surface area contributed by atoms with Crippen LogP contribution in [0.3, 0.4) is 0 Å². The Balaban J connectivity index is 1.91. The quantitative estimate of drug-likeness (QED) is 0.724. The maximum atomic E-state index is 6.01. The van der Waals surface area contributed by atoms with Crippen molar-refractivity contribution >= 4 is 11.6 Å². The molecule has 0 radical (unpaired) electrons. The first-order valence-electron chi connectivity index (χ1n) is 5.45. The van der Waals surface area contributed by atoms with Crippen molar-refractivity contribution < 1.29 is 4.74 Å². The molecule has 1 saturated carbocycles. The van der Waals surface area contributed by atoms with Crippen LogP contribution in [0.25, 0.3) is 0 Å². The van der Waals surface area contributed by atoms with Crippen LogP contribution in [-0.4, -0.2) is 23.2 Å². The lowest BCUT2D eigenvalue weighted by Gasteiger charge is -2.08. The second-order valence-corrected chi connectivity index (χ2v) is 4.70. The summed E-state index contributed by atoms with van der Waals surface area (Å²) in [7, 11) is 0. The molecule has 1 saturated heterocycles. The monoisotopic (exact) mass is 224 g/mol. The van der Waals surface area contributed by atoms with Gasteiger partial charge in [-0.1, -0.05) is 11.6 Å². The summed E-state index contributed by atoms with van der Waals surface area (Å²) in [5.41, 5.74) is 1.12. The summed E-state index contributed by atoms with van der Waals surface area (Å²) in [5.74, 6) is 1.86. The van der Waals surface area contributed by atoms with E-state index >= 15 is 0 Å². The number of hydrogen-bond acceptors (Lipinski definition) is 3. The zero-order valence-corrected chi connectivity index (χ0v) is 9.20. The van der Waals surface area contributed by atoms with E-state index in [2.05, 4.69) is 9.97 Å². The molecule has 2 heterocycles. The van der Waals surface area contributed by atoms with Crippen LogP contribution in [0.2, 0.25) is 5.15 Å². The highest BCUT2D eigenvalue weighted by Gasteiger charge is 2.28. The normalized spacial score (nSPS) is 25.8. The third-order valence-corrected chi connectivity index (χ3v) is 3.22. The highest BCUT2D eigenvalue weighted by molar-refractivity contribution is 6.29. The van der Waals surface area contributed by atoms with E-state index < -0.39 is 0 Å². The summed E-state index contributed by atoms with van der Waals surface area (Å²) >= 11 is 6.01. The molecule has 1 aliphatic carbocycles. The van der Waals surface area contributed by atoms with Crippen LogP contribution >= 0.6 is 11.6 Å². The van der Waals surface area contributed by atoms with Crippen molar-refractivity contribution in [3.8, 4) is 0 Å². The summed E-state index contributed by atoms with van der Waals surface area (Å²) < 4.78 is 5.34. The Morgan fingerprint density at radius 1 is 1.20 bits per heavy atom. The summed E-state index contributed by atoms with van der Waals surface area (Å²) in [6, 6.07) is 1.90. The topological polar surface area (TPSA) is 35.0 Å². The van der Waals surface area contributed by atoms with Gasteiger partial charge in [0.25, 0.3) is 0 Å². The van der Waals surface area contributed by atoms with E-state index in [-0.39, 0.29) is 0 Å². The molecule has 2 fully saturated rings. The smallest absolute Gasteiger partial charge is 0.135 e. The van der Waals surface area contributed by atoms with Gasteiger partial charge in [-0.3, -0.25) is 0 Å². The zero-order valence-electron chi connectivity index (χ0n) is 8.45. The highest BCUT2D eigenvalue weighted by Crippen LogP contribution is 2.40. The van der Waals surface area contributed by atoms with E-state index in [1.165, 1.54) is 12.8 Å². The van der Waals surface area contributed by atoms with Crippen molar-refractivity contribution in [3.05, 3.63) is 22.7 Å². The van der Waals surface area contributed by atoms with Gasteiger partial charge in [0.05, 0.1) is 6.61 Å². The predicted molar refractivity (Wildman–Crippen MR) is 57.2 cm³/mol. The van der Waals surface area contributed by atoms with E-state index in [4.69, 9.17) is 16.3 Å². The molecule has 0 spiro atoms. The molecule has 1 aromatic heterocycles. The Morgan fingerprint density at radius 3 is 2.73 bits per heavy atom. The Bertz CT molecular complexity index is 373. The van der Waals surface area contributed by atoms with Crippen molar-refractivity contribution in [1.82, 2.24) is 9.97 Å². The van der Waals surface area contributed by atoms with Crippen molar-refractivity contribution in [2.45, 2.75) is 31.1 Å². The van der Waals surface area contributed by atoms with Crippen LogP contribution in [0.1, 0.15) is 42.6 Å². The summed E-state index contributed by atoms with van der Waals surface area (Å²) in [6.07, 6.45) is 3.51. The second-order valence-electron chi connectivity index (χ2n) is 4.31. The van der Waals surface area contributed by atoms with Crippen LogP contribution in [0.4, 0.5) is 0 Å². The van der Waals surface area contributed by atoms with Crippen LogP contribution in [0.15, 0.2) is 6.07 Å². The predicted octanol–water partition coefficient (Wildman–Crippen LogP) is 2.51. The molecule has 2 aliphatic rings. The number of ether oxygens (including phenoxy) is 1. The maximum Gasteiger partial charge on any atom is 0.135 e. The second kappa shape index (κ2) is 3.72. The van der Waals surface area contributed by atoms with Gasteiger partial charge in [-0.15, -0.1) is 0 Å². The number of rotatable bonds is 2. The molecule has 3 nitrogen and oxygen atoms in total. The fraction of sp³-hybridized carbons (Fsp3) is 0.636. The molecular weight excluding hydrogens is 212 g/mol. The largest absolute Gasteiger partial charge is 0.381 e. The average Bonchev–Trinajstić information content (AvgIpc) is 2.93. The van der Waals surface area contributed by atoms with E-state index in [9.17, 15) is 0 Å². The standard InChI is InChI=1S/C11H13ClN2O/c12-10-5-9(7-1-2-7)13-11(14-10)8-3-4-15-6-8/h5,7-8H,1-4,6H2. The van der Waals surface area contributed by atoms with Gasteiger partial charge in [0, 0.05) is 24.1 Å². The van der Waals surface area contributed by atoms with Gasteiger partial charge in [-0.05, 0) is 25.3 Å². The Labute approximate surface area is 93.8 Å². The molecular formula is C11H13ClN2O. The number of halogens is 1. The number of hydrogen-bond donors (Lipinski definition) is 0. The van der Waals surface area contributed by atoms with Crippen molar-refractivity contribution in [2.75, 3.05) is 13.2 Å². The molecule has 0 aromatic carbocycles. The first kappa shape index (κ1) is 9.55. The van der Waals surface area contributed by atoms with Crippen LogP contribution in [-0.2, 0) is 4.74 Å².